The zero-order valence-electron chi connectivity index (χ0n) is 13.0. The van der Waals surface area contributed by atoms with Crippen LogP contribution in [0.25, 0.3) is 21.5 Å². The van der Waals surface area contributed by atoms with Crippen molar-refractivity contribution in [3.8, 4) is 0 Å². The van der Waals surface area contributed by atoms with E-state index in [0.717, 1.165) is 27.1 Å². The van der Waals surface area contributed by atoms with Crippen LogP contribution in [0, 0.1) is 0 Å². The number of carbonyl (C=O) groups is 2. The molecule has 0 fully saturated rings. The topological polar surface area (TPSA) is 43.4 Å². The summed E-state index contributed by atoms with van der Waals surface area (Å²) in [6.45, 7) is 0. The zero-order valence-corrected chi connectivity index (χ0v) is 13.0. The Hall–Kier alpha value is -2.68. The molecular formula is C20H18O3. The lowest BCUT2D eigenvalue weighted by molar-refractivity contribution is -0.140. The van der Waals surface area contributed by atoms with Crippen molar-refractivity contribution in [1.82, 2.24) is 0 Å². The van der Waals surface area contributed by atoms with Gasteiger partial charge in [-0.1, -0.05) is 48.5 Å². The standard InChI is InChI=1S/C20H18O3/c1-23-20(22)12-6-11-19(21)18-13-14-7-2-3-8-15(14)16-9-4-5-10-17(16)18/h2-5,7-10,13H,6,11-12H2,1H3. The molecule has 0 heterocycles. The lowest BCUT2D eigenvalue weighted by atomic mass is 9.93. The molecule has 0 amide bonds. The number of methoxy groups -OCH3 is 1. The van der Waals surface area contributed by atoms with Crippen molar-refractivity contribution in [2.75, 3.05) is 7.11 Å². The number of Topliss-reactive ketones (excluding diaryl/α,β-unsaturated/α-hetero) is 1. The molecule has 0 saturated carbocycles. The van der Waals surface area contributed by atoms with Gasteiger partial charge < -0.3 is 4.74 Å². The summed E-state index contributed by atoms with van der Waals surface area (Å²) in [7, 11) is 1.36. The number of ether oxygens (including phenoxy) is 1. The van der Waals surface area contributed by atoms with Crippen LogP contribution in [-0.2, 0) is 9.53 Å². The highest BCUT2D eigenvalue weighted by Crippen LogP contribution is 2.29. The molecule has 0 bridgehead atoms. The molecule has 0 radical (unpaired) electrons. The number of hydrogen-bond acceptors (Lipinski definition) is 3. The third-order valence-electron chi connectivity index (χ3n) is 4.08. The van der Waals surface area contributed by atoms with Crippen molar-refractivity contribution in [3.63, 3.8) is 0 Å². The maximum atomic E-state index is 12.6. The van der Waals surface area contributed by atoms with Crippen LogP contribution < -0.4 is 0 Å². The van der Waals surface area contributed by atoms with E-state index >= 15 is 0 Å². The molecule has 3 aromatic carbocycles. The lowest BCUT2D eigenvalue weighted by Crippen LogP contribution is -2.04. The Morgan fingerprint density at radius 3 is 2.26 bits per heavy atom. The molecule has 3 rings (SSSR count). The summed E-state index contributed by atoms with van der Waals surface area (Å²) < 4.78 is 4.62. The van der Waals surface area contributed by atoms with E-state index in [1.165, 1.54) is 7.11 Å². The Morgan fingerprint density at radius 2 is 1.52 bits per heavy atom. The van der Waals surface area contributed by atoms with Crippen molar-refractivity contribution in [2.24, 2.45) is 0 Å². The van der Waals surface area contributed by atoms with E-state index in [1.54, 1.807) is 0 Å². The van der Waals surface area contributed by atoms with Gasteiger partial charge in [-0.15, -0.1) is 0 Å². The summed E-state index contributed by atoms with van der Waals surface area (Å²) in [6, 6.07) is 18.0. The smallest absolute Gasteiger partial charge is 0.305 e. The van der Waals surface area contributed by atoms with Crippen molar-refractivity contribution < 1.29 is 14.3 Å². The molecule has 116 valence electrons. The fourth-order valence-corrected chi connectivity index (χ4v) is 2.91. The van der Waals surface area contributed by atoms with Crippen LogP contribution in [0.3, 0.4) is 0 Å². The second-order valence-electron chi connectivity index (χ2n) is 5.54. The predicted molar refractivity (Wildman–Crippen MR) is 91.7 cm³/mol. The Bertz CT molecular complexity index is 880. The second kappa shape index (κ2) is 6.61. The van der Waals surface area contributed by atoms with E-state index in [-0.39, 0.29) is 18.2 Å². The van der Waals surface area contributed by atoms with Crippen LogP contribution in [0.1, 0.15) is 29.6 Å². The summed E-state index contributed by atoms with van der Waals surface area (Å²) in [6.07, 6.45) is 1.12. The van der Waals surface area contributed by atoms with Gasteiger partial charge in [0, 0.05) is 18.4 Å². The zero-order chi connectivity index (χ0) is 16.2. The average molecular weight is 306 g/mol. The van der Waals surface area contributed by atoms with Gasteiger partial charge >= 0.3 is 5.97 Å². The summed E-state index contributed by atoms with van der Waals surface area (Å²) in [5.74, 6) is -0.211. The monoisotopic (exact) mass is 306 g/mol. The molecule has 0 aliphatic carbocycles. The maximum Gasteiger partial charge on any atom is 0.305 e. The van der Waals surface area contributed by atoms with Gasteiger partial charge in [0.1, 0.15) is 0 Å². The van der Waals surface area contributed by atoms with Crippen LogP contribution in [0.2, 0.25) is 0 Å². The lowest BCUT2D eigenvalue weighted by Gasteiger charge is -2.10. The van der Waals surface area contributed by atoms with E-state index in [2.05, 4.69) is 10.8 Å². The van der Waals surface area contributed by atoms with Gasteiger partial charge in [0.25, 0.3) is 0 Å². The number of fused-ring (bicyclic) bond motifs is 3. The van der Waals surface area contributed by atoms with E-state index in [4.69, 9.17) is 0 Å². The molecule has 0 atom stereocenters. The first kappa shape index (κ1) is 15.2. The van der Waals surface area contributed by atoms with E-state index in [9.17, 15) is 9.59 Å². The molecule has 23 heavy (non-hydrogen) atoms. The Kier molecular flexibility index (Phi) is 4.38. The van der Waals surface area contributed by atoms with Crippen LogP contribution in [0.5, 0.6) is 0 Å². The summed E-state index contributed by atoms with van der Waals surface area (Å²) in [4.78, 5) is 23.8. The first-order valence-electron chi connectivity index (χ1n) is 7.71. The van der Waals surface area contributed by atoms with Crippen molar-refractivity contribution >= 4 is 33.3 Å². The van der Waals surface area contributed by atoms with E-state index in [1.807, 2.05) is 48.5 Å². The first-order chi connectivity index (χ1) is 11.2. The van der Waals surface area contributed by atoms with Gasteiger partial charge in [-0.25, -0.2) is 0 Å². The van der Waals surface area contributed by atoms with Crippen LogP contribution >= 0.6 is 0 Å². The predicted octanol–water partition coefficient (Wildman–Crippen LogP) is 4.52. The minimum absolute atomic E-state index is 0.0656. The molecule has 0 aromatic heterocycles. The number of esters is 1. The van der Waals surface area contributed by atoms with Crippen LogP contribution in [0.15, 0.2) is 54.6 Å². The van der Waals surface area contributed by atoms with Crippen molar-refractivity contribution in [1.29, 1.82) is 0 Å². The average Bonchev–Trinajstić information content (AvgIpc) is 2.60. The largest absolute Gasteiger partial charge is 0.469 e. The normalized spacial score (nSPS) is 10.8. The van der Waals surface area contributed by atoms with Gasteiger partial charge in [0.15, 0.2) is 5.78 Å². The second-order valence-corrected chi connectivity index (χ2v) is 5.54. The highest BCUT2D eigenvalue weighted by molar-refractivity contribution is 6.17. The number of ketones is 1. The summed E-state index contributed by atoms with van der Waals surface area (Å²) in [5, 5.41) is 4.26. The fraction of sp³-hybridized carbons (Fsp3) is 0.200. The third-order valence-corrected chi connectivity index (χ3v) is 4.08. The Morgan fingerprint density at radius 1 is 0.870 bits per heavy atom. The SMILES string of the molecule is COC(=O)CCCC(=O)c1cc2ccccc2c2ccccc12. The Balaban J connectivity index is 1.98. The van der Waals surface area contributed by atoms with Crippen LogP contribution in [0.4, 0.5) is 0 Å². The van der Waals surface area contributed by atoms with Crippen LogP contribution in [-0.4, -0.2) is 18.9 Å². The van der Waals surface area contributed by atoms with E-state index in [0.29, 0.717) is 12.8 Å². The summed E-state index contributed by atoms with van der Waals surface area (Å²) in [5.41, 5.74) is 0.726. The molecule has 3 heteroatoms. The van der Waals surface area contributed by atoms with Gasteiger partial charge in [-0.2, -0.15) is 0 Å². The van der Waals surface area contributed by atoms with Gasteiger partial charge in [0.2, 0.25) is 0 Å². The number of rotatable bonds is 5. The number of benzene rings is 3. The third kappa shape index (κ3) is 3.09. The number of carbonyl (C=O) groups excluding carboxylic acids is 2. The Labute approximate surface area is 134 Å². The minimum Gasteiger partial charge on any atom is -0.469 e. The molecule has 3 aromatic rings. The molecule has 0 spiro atoms. The molecule has 0 aliphatic rings. The maximum absolute atomic E-state index is 12.6. The van der Waals surface area contributed by atoms with E-state index < -0.39 is 0 Å². The van der Waals surface area contributed by atoms with Gasteiger partial charge in [-0.3, -0.25) is 9.59 Å². The molecule has 0 unspecified atom stereocenters. The van der Waals surface area contributed by atoms with Gasteiger partial charge in [0.05, 0.1) is 7.11 Å². The molecule has 0 saturated heterocycles. The number of hydrogen-bond donors (Lipinski definition) is 0. The minimum atomic E-state index is -0.277. The van der Waals surface area contributed by atoms with Crippen molar-refractivity contribution in [2.45, 2.75) is 19.3 Å². The molecular weight excluding hydrogens is 288 g/mol. The quantitative estimate of drug-likeness (QED) is 0.395. The highest BCUT2D eigenvalue weighted by atomic mass is 16.5. The molecule has 0 N–H and O–H groups in total. The highest BCUT2D eigenvalue weighted by Gasteiger charge is 2.13. The van der Waals surface area contributed by atoms with Gasteiger partial charge in [-0.05, 0) is 34.0 Å². The first-order valence-corrected chi connectivity index (χ1v) is 7.71. The molecule has 3 nitrogen and oxygen atoms in total. The summed E-state index contributed by atoms with van der Waals surface area (Å²) >= 11 is 0. The van der Waals surface area contributed by atoms with Crippen molar-refractivity contribution in [3.05, 3.63) is 60.2 Å². The molecule has 0 aliphatic heterocycles. The fourth-order valence-electron chi connectivity index (χ4n) is 2.91.